The minimum absolute atomic E-state index is 0.0207. The first kappa shape index (κ1) is 14.9. The maximum absolute atomic E-state index is 6.02. The van der Waals surface area contributed by atoms with Crippen LogP contribution in [-0.2, 0) is 0 Å². The van der Waals surface area contributed by atoms with E-state index >= 15 is 0 Å². The normalized spacial score (nSPS) is 15.9. The summed E-state index contributed by atoms with van der Waals surface area (Å²) in [6.45, 7) is 7.29. The van der Waals surface area contributed by atoms with Crippen LogP contribution in [0.15, 0.2) is 36.7 Å². The van der Waals surface area contributed by atoms with E-state index in [4.69, 9.17) is 9.47 Å². The molecule has 1 aromatic carbocycles. The Labute approximate surface area is 132 Å². The lowest BCUT2D eigenvalue weighted by Gasteiger charge is -2.26. The van der Waals surface area contributed by atoms with Gasteiger partial charge < -0.3 is 9.47 Å². The van der Waals surface area contributed by atoms with Crippen LogP contribution in [-0.4, -0.2) is 11.6 Å². The van der Waals surface area contributed by atoms with E-state index in [1.165, 1.54) is 12.0 Å². The van der Waals surface area contributed by atoms with E-state index in [0.29, 0.717) is 0 Å². The van der Waals surface area contributed by atoms with Gasteiger partial charge in [0.15, 0.2) is 0 Å². The molecular formula is C19H23NO2. The lowest BCUT2D eigenvalue weighted by Crippen LogP contribution is -2.11. The van der Waals surface area contributed by atoms with Gasteiger partial charge in [-0.25, -0.2) is 0 Å². The standard InChI is InChI=1S/C19H23NO2/c1-13(2)5-4-10-21-15-6-7-17-16-8-9-20-12-18(16)14(3)22-19(17)11-15/h6-9,11-14H,4-5,10H2,1-3H3. The fraction of sp³-hybridized carbons (Fsp3) is 0.421. The van der Waals surface area contributed by atoms with Crippen LogP contribution in [0.2, 0.25) is 0 Å². The largest absolute Gasteiger partial charge is 0.493 e. The highest BCUT2D eigenvalue weighted by molar-refractivity contribution is 5.76. The summed E-state index contributed by atoms with van der Waals surface area (Å²) < 4.78 is 11.9. The number of hydrogen-bond acceptors (Lipinski definition) is 3. The summed E-state index contributed by atoms with van der Waals surface area (Å²) in [6, 6.07) is 8.16. The van der Waals surface area contributed by atoms with Gasteiger partial charge in [0, 0.05) is 29.6 Å². The van der Waals surface area contributed by atoms with Crippen LogP contribution in [0.5, 0.6) is 11.5 Å². The zero-order chi connectivity index (χ0) is 15.5. The van der Waals surface area contributed by atoms with Crippen LogP contribution in [0.25, 0.3) is 11.1 Å². The zero-order valence-electron chi connectivity index (χ0n) is 13.5. The van der Waals surface area contributed by atoms with E-state index in [2.05, 4.69) is 37.9 Å². The predicted octanol–water partition coefficient (Wildman–Crippen LogP) is 5.02. The maximum atomic E-state index is 6.02. The van der Waals surface area contributed by atoms with E-state index in [1.54, 1.807) is 0 Å². The molecule has 116 valence electrons. The Morgan fingerprint density at radius 1 is 1.23 bits per heavy atom. The number of ether oxygens (including phenoxy) is 2. The van der Waals surface area contributed by atoms with Crippen LogP contribution >= 0.6 is 0 Å². The Bertz CT molecular complexity index is 652. The van der Waals surface area contributed by atoms with Gasteiger partial charge >= 0.3 is 0 Å². The average Bonchev–Trinajstić information content (AvgIpc) is 2.51. The third-order valence-electron chi connectivity index (χ3n) is 4.03. The number of nitrogens with zero attached hydrogens (tertiary/aromatic N) is 1. The molecule has 1 aliphatic rings. The highest BCUT2D eigenvalue weighted by atomic mass is 16.5. The first-order valence-electron chi connectivity index (χ1n) is 8.03. The van der Waals surface area contributed by atoms with E-state index in [9.17, 15) is 0 Å². The molecule has 22 heavy (non-hydrogen) atoms. The quantitative estimate of drug-likeness (QED) is 0.726. The topological polar surface area (TPSA) is 31.4 Å². The molecule has 3 nitrogen and oxygen atoms in total. The van der Waals surface area contributed by atoms with Gasteiger partial charge in [-0.15, -0.1) is 0 Å². The van der Waals surface area contributed by atoms with Crippen molar-refractivity contribution in [2.45, 2.75) is 39.7 Å². The molecule has 0 saturated carbocycles. The Morgan fingerprint density at radius 2 is 2.09 bits per heavy atom. The molecule has 0 aliphatic carbocycles. The lowest BCUT2D eigenvalue weighted by atomic mass is 9.95. The van der Waals surface area contributed by atoms with E-state index in [0.717, 1.165) is 41.6 Å². The molecule has 0 N–H and O–H groups in total. The van der Waals surface area contributed by atoms with Crippen LogP contribution in [0.1, 0.15) is 45.3 Å². The second kappa shape index (κ2) is 6.39. The Balaban J connectivity index is 1.76. The van der Waals surface area contributed by atoms with E-state index in [1.807, 2.05) is 24.5 Å². The van der Waals surface area contributed by atoms with Gasteiger partial charge in [0.2, 0.25) is 0 Å². The Morgan fingerprint density at radius 3 is 2.91 bits per heavy atom. The summed E-state index contributed by atoms with van der Waals surface area (Å²) in [7, 11) is 0. The van der Waals surface area contributed by atoms with Crippen molar-refractivity contribution in [1.82, 2.24) is 4.98 Å². The van der Waals surface area contributed by atoms with Gasteiger partial charge in [0.1, 0.15) is 17.6 Å². The summed E-state index contributed by atoms with van der Waals surface area (Å²) in [5.41, 5.74) is 3.46. The number of hydrogen-bond donors (Lipinski definition) is 0. The summed E-state index contributed by atoms with van der Waals surface area (Å²) in [5, 5.41) is 0. The van der Waals surface area contributed by atoms with Gasteiger partial charge in [0.05, 0.1) is 6.61 Å². The molecule has 1 aliphatic heterocycles. The van der Waals surface area contributed by atoms with Crippen molar-refractivity contribution < 1.29 is 9.47 Å². The second-order valence-corrected chi connectivity index (χ2v) is 6.27. The molecule has 2 aromatic rings. The molecule has 0 radical (unpaired) electrons. The van der Waals surface area contributed by atoms with Crippen LogP contribution in [0.3, 0.4) is 0 Å². The van der Waals surface area contributed by atoms with Crippen LogP contribution in [0, 0.1) is 5.92 Å². The number of aromatic nitrogens is 1. The number of benzene rings is 1. The molecule has 1 atom stereocenters. The summed E-state index contributed by atoms with van der Waals surface area (Å²) in [4.78, 5) is 4.20. The molecule has 2 heterocycles. The maximum Gasteiger partial charge on any atom is 0.131 e. The van der Waals surface area contributed by atoms with Crippen LogP contribution < -0.4 is 9.47 Å². The van der Waals surface area contributed by atoms with Gasteiger partial charge in [0.25, 0.3) is 0 Å². The Hall–Kier alpha value is -2.03. The molecule has 0 spiro atoms. The number of fused-ring (bicyclic) bond motifs is 3. The fourth-order valence-corrected chi connectivity index (χ4v) is 2.82. The number of rotatable bonds is 5. The average molecular weight is 297 g/mol. The molecule has 0 fully saturated rings. The lowest BCUT2D eigenvalue weighted by molar-refractivity contribution is 0.220. The van der Waals surface area contributed by atoms with Crippen molar-refractivity contribution in [2.24, 2.45) is 5.92 Å². The number of pyridine rings is 1. The van der Waals surface area contributed by atoms with E-state index < -0.39 is 0 Å². The highest BCUT2D eigenvalue weighted by Gasteiger charge is 2.23. The van der Waals surface area contributed by atoms with Crippen molar-refractivity contribution in [1.29, 1.82) is 0 Å². The minimum Gasteiger partial charge on any atom is -0.493 e. The van der Waals surface area contributed by atoms with Crippen molar-refractivity contribution >= 4 is 0 Å². The predicted molar refractivity (Wildman–Crippen MR) is 88.3 cm³/mol. The van der Waals surface area contributed by atoms with Crippen molar-refractivity contribution in [3.63, 3.8) is 0 Å². The minimum atomic E-state index is 0.0207. The summed E-state index contributed by atoms with van der Waals surface area (Å²) >= 11 is 0. The summed E-state index contributed by atoms with van der Waals surface area (Å²) in [6.07, 6.45) is 6.02. The third kappa shape index (κ3) is 3.08. The van der Waals surface area contributed by atoms with Crippen molar-refractivity contribution in [2.75, 3.05) is 6.61 Å². The second-order valence-electron chi connectivity index (χ2n) is 6.27. The van der Waals surface area contributed by atoms with E-state index in [-0.39, 0.29) is 6.10 Å². The highest BCUT2D eigenvalue weighted by Crippen LogP contribution is 2.43. The van der Waals surface area contributed by atoms with Crippen molar-refractivity contribution in [3.8, 4) is 22.6 Å². The zero-order valence-corrected chi connectivity index (χ0v) is 13.5. The first-order valence-corrected chi connectivity index (χ1v) is 8.03. The van der Waals surface area contributed by atoms with Gasteiger partial charge in [-0.05, 0) is 49.4 Å². The molecule has 3 rings (SSSR count). The first-order chi connectivity index (χ1) is 10.6. The Kier molecular flexibility index (Phi) is 4.32. The molecule has 0 bridgehead atoms. The third-order valence-corrected chi connectivity index (χ3v) is 4.03. The molecule has 0 amide bonds. The molecule has 1 unspecified atom stereocenters. The molecular weight excluding hydrogens is 274 g/mol. The van der Waals surface area contributed by atoms with Crippen LogP contribution in [0.4, 0.5) is 0 Å². The molecule has 3 heteroatoms. The monoisotopic (exact) mass is 297 g/mol. The summed E-state index contributed by atoms with van der Waals surface area (Å²) in [5.74, 6) is 2.50. The smallest absolute Gasteiger partial charge is 0.131 e. The van der Waals surface area contributed by atoms with Gasteiger partial charge in [-0.3, -0.25) is 4.98 Å². The molecule has 1 aromatic heterocycles. The fourth-order valence-electron chi connectivity index (χ4n) is 2.82. The van der Waals surface area contributed by atoms with Crippen molar-refractivity contribution in [3.05, 3.63) is 42.2 Å². The van der Waals surface area contributed by atoms with Gasteiger partial charge in [-0.1, -0.05) is 13.8 Å². The molecule has 0 saturated heterocycles. The van der Waals surface area contributed by atoms with Gasteiger partial charge in [-0.2, -0.15) is 0 Å². The SMILES string of the molecule is CC(C)CCCOc1ccc2c(c1)OC(C)c1cnccc1-2.